The van der Waals surface area contributed by atoms with Crippen LogP contribution in [0, 0.1) is 13.8 Å². The van der Waals surface area contributed by atoms with E-state index in [1.165, 1.54) is 4.88 Å². The maximum absolute atomic E-state index is 5.25. The molecule has 0 aliphatic rings. The van der Waals surface area contributed by atoms with Crippen molar-refractivity contribution < 1.29 is 4.52 Å². The van der Waals surface area contributed by atoms with Gasteiger partial charge in [-0.1, -0.05) is 18.2 Å². The molecule has 0 unspecified atom stereocenters. The molecule has 5 nitrogen and oxygen atoms in total. The molecule has 0 bridgehead atoms. The minimum atomic E-state index is 0.521. The zero-order chi connectivity index (χ0) is 14.7. The lowest BCUT2D eigenvalue weighted by Crippen LogP contribution is -2.05. The summed E-state index contributed by atoms with van der Waals surface area (Å²) in [5.41, 5.74) is 2.03. The predicted octanol–water partition coefficient (Wildman–Crippen LogP) is 3.46. The summed E-state index contributed by atoms with van der Waals surface area (Å²) in [6.45, 7) is 4.83. The molecule has 6 heteroatoms. The van der Waals surface area contributed by atoms with Crippen LogP contribution in [0.25, 0.3) is 11.5 Å². The Bertz CT molecular complexity index is 720. The molecule has 0 amide bonds. The number of thiazole rings is 1. The lowest BCUT2D eigenvalue weighted by atomic mass is 10.2. The summed E-state index contributed by atoms with van der Waals surface area (Å²) in [6.07, 6.45) is 0.909. The second-order valence-corrected chi connectivity index (χ2v) is 6.00. The lowest BCUT2D eigenvalue weighted by Gasteiger charge is -1.99. The third kappa shape index (κ3) is 3.28. The fourth-order valence-electron chi connectivity index (χ4n) is 2.09. The van der Waals surface area contributed by atoms with Crippen molar-refractivity contribution in [1.29, 1.82) is 0 Å². The average Bonchev–Trinajstić information content (AvgIpc) is 3.07. The molecule has 21 heavy (non-hydrogen) atoms. The first-order valence-electron chi connectivity index (χ1n) is 6.78. The van der Waals surface area contributed by atoms with Crippen LogP contribution < -0.4 is 5.32 Å². The van der Waals surface area contributed by atoms with Crippen LogP contribution in [-0.4, -0.2) is 21.7 Å². The first-order chi connectivity index (χ1) is 10.2. The summed E-state index contributed by atoms with van der Waals surface area (Å²) < 4.78 is 5.25. The monoisotopic (exact) mass is 300 g/mol. The molecule has 1 aromatic carbocycles. The van der Waals surface area contributed by atoms with Gasteiger partial charge in [-0.25, -0.2) is 4.98 Å². The molecule has 0 aliphatic heterocycles. The zero-order valence-electron chi connectivity index (χ0n) is 12.0. The van der Waals surface area contributed by atoms with Crippen molar-refractivity contribution in [2.75, 3.05) is 11.9 Å². The van der Waals surface area contributed by atoms with E-state index in [0.717, 1.165) is 29.2 Å². The van der Waals surface area contributed by atoms with E-state index in [2.05, 4.69) is 20.4 Å². The van der Waals surface area contributed by atoms with Crippen molar-refractivity contribution in [2.45, 2.75) is 20.3 Å². The number of nitrogens with zero attached hydrogens (tertiary/aromatic N) is 3. The van der Waals surface area contributed by atoms with E-state index in [-0.39, 0.29) is 0 Å². The molecule has 0 radical (unpaired) electrons. The van der Waals surface area contributed by atoms with Gasteiger partial charge < -0.3 is 9.84 Å². The fourth-order valence-corrected chi connectivity index (χ4v) is 3.02. The number of hydrogen-bond donors (Lipinski definition) is 1. The second kappa shape index (κ2) is 6.05. The summed E-state index contributed by atoms with van der Waals surface area (Å²) in [4.78, 5) is 10.1. The van der Waals surface area contributed by atoms with Gasteiger partial charge in [-0.2, -0.15) is 4.98 Å². The zero-order valence-corrected chi connectivity index (χ0v) is 12.8. The molecule has 108 valence electrons. The summed E-state index contributed by atoms with van der Waals surface area (Å²) in [7, 11) is 0. The van der Waals surface area contributed by atoms with Gasteiger partial charge in [-0.05, 0) is 31.1 Å². The van der Waals surface area contributed by atoms with Gasteiger partial charge in [0.05, 0.1) is 10.7 Å². The number of benzene rings is 1. The van der Waals surface area contributed by atoms with Crippen LogP contribution in [-0.2, 0) is 6.42 Å². The minimum Gasteiger partial charge on any atom is -0.351 e. The van der Waals surface area contributed by atoms with Crippen molar-refractivity contribution in [2.24, 2.45) is 0 Å². The fraction of sp³-hybridized carbons (Fsp3) is 0.267. The highest BCUT2D eigenvalue weighted by Crippen LogP contribution is 2.19. The quantitative estimate of drug-likeness (QED) is 0.781. The van der Waals surface area contributed by atoms with Crippen molar-refractivity contribution in [1.82, 2.24) is 15.1 Å². The predicted molar refractivity (Wildman–Crippen MR) is 83.5 cm³/mol. The van der Waals surface area contributed by atoms with E-state index in [1.54, 1.807) is 11.3 Å². The van der Waals surface area contributed by atoms with Crippen LogP contribution in [0.5, 0.6) is 0 Å². The number of aromatic nitrogens is 3. The Morgan fingerprint density at radius 3 is 2.67 bits per heavy atom. The molecular weight excluding hydrogens is 284 g/mol. The first kappa shape index (κ1) is 13.8. The van der Waals surface area contributed by atoms with Crippen LogP contribution in [0.2, 0.25) is 0 Å². The van der Waals surface area contributed by atoms with E-state index in [4.69, 9.17) is 4.52 Å². The SMILES string of the molecule is Cc1nc(C)c(CCNc2noc(-c3ccccc3)n2)s1. The Hall–Kier alpha value is -2.21. The Morgan fingerprint density at radius 2 is 1.95 bits per heavy atom. The number of anilines is 1. The molecule has 2 heterocycles. The topological polar surface area (TPSA) is 63.8 Å². The van der Waals surface area contributed by atoms with Crippen LogP contribution in [0.1, 0.15) is 15.6 Å². The van der Waals surface area contributed by atoms with E-state index >= 15 is 0 Å². The van der Waals surface area contributed by atoms with E-state index in [0.29, 0.717) is 11.8 Å². The second-order valence-electron chi connectivity index (χ2n) is 4.71. The number of hydrogen-bond acceptors (Lipinski definition) is 6. The van der Waals surface area contributed by atoms with Gasteiger partial charge in [-0.15, -0.1) is 11.3 Å². The van der Waals surface area contributed by atoms with E-state index in [1.807, 2.05) is 44.2 Å². The van der Waals surface area contributed by atoms with Gasteiger partial charge in [0.15, 0.2) is 0 Å². The summed E-state index contributed by atoms with van der Waals surface area (Å²) in [5.74, 6) is 1.05. The van der Waals surface area contributed by atoms with Crippen molar-refractivity contribution >= 4 is 17.3 Å². The average molecular weight is 300 g/mol. The highest BCUT2D eigenvalue weighted by atomic mass is 32.1. The number of nitrogens with one attached hydrogen (secondary N) is 1. The Morgan fingerprint density at radius 1 is 1.14 bits per heavy atom. The molecule has 0 aliphatic carbocycles. The normalized spacial score (nSPS) is 10.8. The number of rotatable bonds is 5. The first-order valence-corrected chi connectivity index (χ1v) is 7.60. The van der Waals surface area contributed by atoms with Gasteiger partial charge in [0.25, 0.3) is 11.8 Å². The number of aryl methyl sites for hydroxylation is 2. The molecule has 0 fully saturated rings. The Labute approximate surface area is 127 Å². The van der Waals surface area contributed by atoms with Gasteiger partial charge in [0.1, 0.15) is 0 Å². The minimum absolute atomic E-state index is 0.521. The third-order valence-electron chi connectivity index (χ3n) is 3.08. The standard InChI is InChI=1S/C15H16N4OS/c1-10-13(21-11(2)17-10)8-9-16-15-18-14(20-19-15)12-6-4-3-5-7-12/h3-7H,8-9H2,1-2H3,(H,16,19). The molecule has 0 atom stereocenters. The van der Waals surface area contributed by atoms with Crippen molar-refractivity contribution in [3.05, 3.63) is 45.9 Å². The van der Waals surface area contributed by atoms with E-state index in [9.17, 15) is 0 Å². The van der Waals surface area contributed by atoms with Gasteiger partial charge in [-0.3, -0.25) is 0 Å². The molecular formula is C15H16N4OS. The Kier molecular flexibility index (Phi) is 3.96. The molecule has 0 spiro atoms. The molecule has 2 aromatic heterocycles. The molecule has 3 rings (SSSR count). The van der Waals surface area contributed by atoms with Crippen molar-refractivity contribution in [3.63, 3.8) is 0 Å². The van der Waals surface area contributed by atoms with Crippen LogP contribution in [0.15, 0.2) is 34.9 Å². The highest BCUT2D eigenvalue weighted by Gasteiger charge is 2.09. The van der Waals surface area contributed by atoms with Crippen LogP contribution in [0.3, 0.4) is 0 Å². The molecule has 3 aromatic rings. The van der Waals surface area contributed by atoms with Gasteiger partial charge in [0.2, 0.25) is 0 Å². The smallest absolute Gasteiger partial charge is 0.263 e. The Balaban J connectivity index is 1.59. The third-order valence-corrected chi connectivity index (χ3v) is 4.21. The largest absolute Gasteiger partial charge is 0.351 e. The van der Waals surface area contributed by atoms with E-state index < -0.39 is 0 Å². The van der Waals surface area contributed by atoms with Gasteiger partial charge >= 0.3 is 0 Å². The molecule has 1 N–H and O–H groups in total. The summed E-state index contributed by atoms with van der Waals surface area (Å²) in [6, 6.07) is 9.74. The van der Waals surface area contributed by atoms with Gasteiger partial charge in [0, 0.05) is 23.4 Å². The summed E-state index contributed by atoms with van der Waals surface area (Å²) in [5, 5.41) is 8.23. The lowest BCUT2D eigenvalue weighted by molar-refractivity contribution is 0.432. The molecule has 0 saturated carbocycles. The maximum atomic E-state index is 5.25. The highest BCUT2D eigenvalue weighted by molar-refractivity contribution is 7.11. The molecule has 0 saturated heterocycles. The van der Waals surface area contributed by atoms with Crippen LogP contribution >= 0.6 is 11.3 Å². The maximum Gasteiger partial charge on any atom is 0.263 e. The van der Waals surface area contributed by atoms with Crippen molar-refractivity contribution in [3.8, 4) is 11.5 Å². The summed E-state index contributed by atoms with van der Waals surface area (Å²) >= 11 is 1.74. The van der Waals surface area contributed by atoms with Crippen LogP contribution in [0.4, 0.5) is 5.95 Å².